The Balaban J connectivity index is 1.78. The summed E-state index contributed by atoms with van der Waals surface area (Å²) in [6.45, 7) is 3.69. The van der Waals surface area contributed by atoms with Crippen LogP contribution in [0.15, 0.2) is 59.1 Å². The van der Waals surface area contributed by atoms with Gasteiger partial charge in [0.05, 0.1) is 6.10 Å². The first kappa shape index (κ1) is 24.0. The molecule has 7 nitrogen and oxygen atoms in total. The molecule has 1 aromatic carbocycles. The summed E-state index contributed by atoms with van der Waals surface area (Å²) < 4.78 is 0. The van der Waals surface area contributed by atoms with Gasteiger partial charge in [0.15, 0.2) is 5.78 Å². The van der Waals surface area contributed by atoms with Gasteiger partial charge in [-0.15, -0.1) is 0 Å². The van der Waals surface area contributed by atoms with Gasteiger partial charge in [0, 0.05) is 30.2 Å². The van der Waals surface area contributed by atoms with Crippen molar-refractivity contribution in [2.45, 2.75) is 32.8 Å². The molecule has 0 saturated heterocycles. The van der Waals surface area contributed by atoms with Crippen molar-refractivity contribution in [3.05, 3.63) is 70.2 Å². The Kier molecular flexibility index (Phi) is 6.77. The Morgan fingerprint density at radius 1 is 1.18 bits per heavy atom. The number of carbonyl (C=O) groups is 1. The van der Waals surface area contributed by atoms with E-state index in [0.717, 1.165) is 5.57 Å². The van der Waals surface area contributed by atoms with Crippen molar-refractivity contribution in [1.29, 1.82) is 0 Å². The van der Waals surface area contributed by atoms with E-state index < -0.39 is 23.4 Å². The van der Waals surface area contributed by atoms with Crippen LogP contribution in [-0.4, -0.2) is 43.9 Å². The zero-order valence-electron chi connectivity index (χ0n) is 19.3. The third-order valence-electron chi connectivity index (χ3n) is 7.51. The zero-order chi connectivity index (χ0) is 24.6. The van der Waals surface area contributed by atoms with Gasteiger partial charge in [-0.05, 0) is 62.1 Å². The van der Waals surface area contributed by atoms with E-state index in [-0.39, 0.29) is 47.3 Å². The number of pyridine rings is 1. The second-order valence-electron chi connectivity index (χ2n) is 9.46. The van der Waals surface area contributed by atoms with E-state index in [1.165, 1.54) is 18.3 Å². The van der Waals surface area contributed by atoms with E-state index in [9.17, 15) is 30.0 Å². The summed E-state index contributed by atoms with van der Waals surface area (Å²) in [6, 6.07) is 6.12. The molecule has 0 amide bonds. The molecule has 5 N–H and O–H groups in total. The Hall–Kier alpha value is -3.16. The number of ketones is 1. The highest BCUT2D eigenvalue weighted by atomic mass is 16.3. The van der Waals surface area contributed by atoms with E-state index in [2.05, 4.69) is 4.98 Å². The molecule has 2 aromatic rings. The standard InChI is InChI=1S/C27H31NO6/c1-3-4-18-20-10-16(13-29)23(31)11-19(20)14(2)9-21(18)25(32)24-26(33)22(12-28-27(24)34)15-5-7-17(30)8-6-15/h3-9,12,16,18-21,23,29-31H,10-11,13H2,1-2H3,(H2,28,33,34)/b4-3+/t16-,18+,19+,20+,21+,23+/m0/s1. The lowest BCUT2D eigenvalue weighted by molar-refractivity contribution is -0.0178. The van der Waals surface area contributed by atoms with Crippen LogP contribution in [0.2, 0.25) is 0 Å². The van der Waals surface area contributed by atoms with Gasteiger partial charge in [-0.1, -0.05) is 35.9 Å². The van der Waals surface area contributed by atoms with E-state index in [0.29, 0.717) is 24.0 Å². The lowest BCUT2D eigenvalue weighted by Crippen LogP contribution is -2.45. The molecule has 0 aliphatic heterocycles. The minimum absolute atomic E-state index is 0.0252. The number of allylic oxidation sites excluding steroid dienone is 4. The number of Topliss-reactive ketones (excluding diaryl/α,β-unsaturated/α-hetero) is 1. The van der Waals surface area contributed by atoms with Gasteiger partial charge in [0.25, 0.3) is 5.56 Å². The molecule has 6 atom stereocenters. The van der Waals surface area contributed by atoms with Gasteiger partial charge in [-0.2, -0.15) is 0 Å². The Morgan fingerprint density at radius 3 is 2.53 bits per heavy atom. The van der Waals surface area contributed by atoms with Crippen molar-refractivity contribution in [2.24, 2.45) is 29.6 Å². The van der Waals surface area contributed by atoms with Crippen molar-refractivity contribution < 1.29 is 25.2 Å². The molecule has 34 heavy (non-hydrogen) atoms. The number of aromatic hydroxyl groups is 2. The highest BCUT2D eigenvalue weighted by Gasteiger charge is 2.46. The third kappa shape index (κ3) is 4.21. The second kappa shape index (κ2) is 9.60. The zero-order valence-corrected chi connectivity index (χ0v) is 19.3. The number of aromatic nitrogens is 1. The fourth-order valence-corrected chi connectivity index (χ4v) is 5.74. The van der Waals surface area contributed by atoms with Crippen LogP contribution >= 0.6 is 0 Å². The number of aliphatic hydroxyl groups excluding tert-OH is 2. The normalized spacial score (nSPS) is 29.0. The summed E-state index contributed by atoms with van der Waals surface area (Å²) in [6.07, 6.45) is 7.57. The summed E-state index contributed by atoms with van der Waals surface area (Å²) in [7, 11) is 0. The number of carbonyl (C=O) groups excluding carboxylic acids is 1. The maximum Gasteiger partial charge on any atom is 0.262 e. The van der Waals surface area contributed by atoms with Crippen LogP contribution in [0, 0.1) is 29.6 Å². The molecule has 1 fully saturated rings. The van der Waals surface area contributed by atoms with Crippen molar-refractivity contribution in [2.75, 3.05) is 6.61 Å². The summed E-state index contributed by atoms with van der Waals surface area (Å²) >= 11 is 0. The minimum Gasteiger partial charge on any atom is -0.508 e. The molecule has 2 aliphatic carbocycles. The van der Waals surface area contributed by atoms with Gasteiger partial charge in [0.1, 0.15) is 17.1 Å². The van der Waals surface area contributed by atoms with E-state index in [1.54, 1.807) is 12.1 Å². The molecule has 0 radical (unpaired) electrons. The molecule has 4 rings (SSSR count). The molecule has 0 unspecified atom stereocenters. The SMILES string of the molecule is C/C=C/[C@@H]1[C@H]2C[C@@H](CO)[C@H](O)C[C@@H]2C(C)=C[C@H]1C(=O)c1c(O)c(-c2ccc(O)cc2)c[nH]c1=O. The molecular formula is C27H31NO6. The predicted octanol–water partition coefficient (Wildman–Crippen LogP) is 3.40. The smallest absolute Gasteiger partial charge is 0.262 e. The van der Waals surface area contributed by atoms with Crippen LogP contribution in [-0.2, 0) is 0 Å². The molecule has 0 bridgehead atoms. The summed E-state index contributed by atoms with van der Waals surface area (Å²) in [5.41, 5.74) is 0.867. The van der Waals surface area contributed by atoms with Crippen molar-refractivity contribution in [3.8, 4) is 22.6 Å². The average molecular weight is 466 g/mol. The molecule has 2 aliphatic rings. The quantitative estimate of drug-likeness (QED) is 0.340. The number of hydrogen-bond donors (Lipinski definition) is 5. The molecular weight excluding hydrogens is 434 g/mol. The fraction of sp³-hybridized carbons (Fsp3) is 0.407. The van der Waals surface area contributed by atoms with Crippen molar-refractivity contribution >= 4 is 5.78 Å². The van der Waals surface area contributed by atoms with Gasteiger partial charge >= 0.3 is 0 Å². The Labute approximate surface area is 198 Å². The highest BCUT2D eigenvalue weighted by Crippen LogP contribution is 2.49. The topological polar surface area (TPSA) is 131 Å². The van der Waals surface area contributed by atoms with Crippen LogP contribution in [0.4, 0.5) is 0 Å². The van der Waals surface area contributed by atoms with Crippen LogP contribution in [0.3, 0.4) is 0 Å². The number of phenolic OH excluding ortho intramolecular Hbond substituents is 1. The molecule has 1 heterocycles. The molecule has 0 spiro atoms. The number of aromatic amines is 1. The van der Waals surface area contributed by atoms with Gasteiger partial charge in [-0.3, -0.25) is 9.59 Å². The van der Waals surface area contributed by atoms with E-state index >= 15 is 0 Å². The number of aliphatic hydroxyl groups is 2. The minimum atomic E-state index is -0.662. The van der Waals surface area contributed by atoms with Crippen LogP contribution in [0.5, 0.6) is 11.5 Å². The second-order valence-corrected chi connectivity index (χ2v) is 9.46. The average Bonchev–Trinajstić information content (AvgIpc) is 2.81. The predicted molar refractivity (Wildman–Crippen MR) is 129 cm³/mol. The summed E-state index contributed by atoms with van der Waals surface area (Å²) in [4.78, 5) is 29.1. The Morgan fingerprint density at radius 2 is 1.88 bits per heavy atom. The van der Waals surface area contributed by atoms with E-state index in [1.807, 2.05) is 32.1 Å². The number of benzene rings is 1. The largest absolute Gasteiger partial charge is 0.508 e. The fourth-order valence-electron chi connectivity index (χ4n) is 5.74. The van der Waals surface area contributed by atoms with Crippen molar-refractivity contribution in [3.63, 3.8) is 0 Å². The first-order valence-electron chi connectivity index (χ1n) is 11.6. The first-order chi connectivity index (χ1) is 16.3. The maximum atomic E-state index is 13.8. The monoisotopic (exact) mass is 465 g/mol. The number of fused-ring (bicyclic) bond motifs is 1. The third-order valence-corrected chi connectivity index (χ3v) is 7.51. The van der Waals surface area contributed by atoms with Crippen LogP contribution in [0.1, 0.15) is 37.0 Å². The van der Waals surface area contributed by atoms with Crippen LogP contribution < -0.4 is 5.56 Å². The first-order valence-corrected chi connectivity index (χ1v) is 11.6. The molecule has 1 saturated carbocycles. The number of phenols is 1. The van der Waals surface area contributed by atoms with Crippen molar-refractivity contribution in [1.82, 2.24) is 4.98 Å². The lowest BCUT2D eigenvalue weighted by Gasteiger charge is -2.47. The lowest BCUT2D eigenvalue weighted by atomic mass is 9.58. The van der Waals surface area contributed by atoms with Crippen LogP contribution in [0.25, 0.3) is 11.1 Å². The van der Waals surface area contributed by atoms with Gasteiger partial charge in [-0.25, -0.2) is 0 Å². The summed E-state index contributed by atoms with van der Waals surface area (Å²) in [5.74, 6) is -1.83. The van der Waals surface area contributed by atoms with Gasteiger partial charge < -0.3 is 25.4 Å². The van der Waals surface area contributed by atoms with Gasteiger partial charge in [0.2, 0.25) is 0 Å². The molecule has 180 valence electrons. The maximum absolute atomic E-state index is 13.8. The highest BCUT2D eigenvalue weighted by molar-refractivity contribution is 6.03. The molecule has 1 aromatic heterocycles. The number of H-pyrrole nitrogens is 1. The number of hydrogen-bond acceptors (Lipinski definition) is 6. The number of nitrogens with one attached hydrogen (secondary N) is 1. The Bertz CT molecular complexity index is 1180. The molecule has 7 heteroatoms. The summed E-state index contributed by atoms with van der Waals surface area (Å²) in [5, 5.41) is 40.8. The van der Waals surface area contributed by atoms with E-state index in [4.69, 9.17) is 0 Å². The number of rotatable bonds is 5.